The third-order valence-electron chi connectivity index (χ3n) is 4.23. The van der Waals surface area contributed by atoms with Crippen LogP contribution in [0.15, 0.2) is 24.3 Å². The average Bonchev–Trinajstić information content (AvgIpc) is 2.41. The van der Waals surface area contributed by atoms with Crippen molar-refractivity contribution in [3.63, 3.8) is 0 Å². The van der Waals surface area contributed by atoms with Crippen molar-refractivity contribution in [1.82, 2.24) is 0 Å². The number of halogens is 3. The summed E-state index contributed by atoms with van der Waals surface area (Å²) in [5, 5.41) is 12.5. The summed E-state index contributed by atoms with van der Waals surface area (Å²) >= 11 is 0. The van der Waals surface area contributed by atoms with E-state index in [1.807, 2.05) is 19.1 Å². The lowest BCUT2D eigenvalue weighted by atomic mass is 9.76. The smallest absolute Gasteiger partial charge is 0.391 e. The van der Waals surface area contributed by atoms with Crippen LogP contribution in [0.3, 0.4) is 0 Å². The van der Waals surface area contributed by atoms with Gasteiger partial charge in [-0.15, -0.1) is 0 Å². The van der Waals surface area contributed by atoms with Crippen LogP contribution in [0.1, 0.15) is 31.2 Å². The fourth-order valence-electron chi connectivity index (χ4n) is 2.80. The summed E-state index contributed by atoms with van der Waals surface area (Å²) in [7, 11) is 0. The molecule has 1 aromatic rings. The van der Waals surface area contributed by atoms with Crippen molar-refractivity contribution in [3.05, 3.63) is 29.8 Å². The van der Waals surface area contributed by atoms with Crippen molar-refractivity contribution in [2.75, 3.05) is 5.32 Å². The van der Waals surface area contributed by atoms with Gasteiger partial charge in [-0.05, 0) is 44.2 Å². The van der Waals surface area contributed by atoms with Gasteiger partial charge in [0, 0.05) is 5.69 Å². The second-order valence-electron chi connectivity index (χ2n) is 5.64. The molecule has 1 aliphatic carbocycles. The van der Waals surface area contributed by atoms with E-state index in [4.69, 9.17) is 0 Å². The lowest BCUT2D eigenvalue weighted by molar-refractivity contribution is -0.186. The summed E-state index contributed by atoms with van der Waals surface area (Å²) in [6, 6.07) is 7.18. The molecular formula is C15H18F3NO2. The number of rotatable bonds is 3. The van der Waals surface area contributed by atoms with Gasteiger partial charge in [-0.25, -0.2) is 4.79 Å². The summed E-state index contributed by atoms with van der Waals surface area (Å²) in [5.41, 5.74) is 0.217. The van der Waals surface area contributed by atoms with Gasteiger partial charge in [-0.1, -0.05) is 18.2 Å². The van der Waals surface area contributed by atoms with Crippen LogP contribution in [0.5, 0.6) is 0 Å². The normalized spacial score (nSPS) is 26.4. The second-order valence-corrected chi connectivity index (χ2v) is 5.64. The van der Waals surface area contributed by atoms with Crippen LogP contribution in [0, 0.1) is 12.8 Å². The van der Waals surface area contributed by atoms with Crippen LogP contribution in [0.4, 0.5) is 18.9 Å². The zero-order chi connectivity index (χ0) is 15.7. The number of benzene rings is 1. The minimum Gasteiger partial charge on any atom is -0.480 e. The van der Waals surface area contributed by atoms with Crippen LogP contribution in [-0.2, 0) is 4.79 Å². The first-order chi connectivity index (χ1) is 9.74. The molecule has 0 bridgehead atoms. The Morgan fingerprint density at radius 1 is 1.29 bits per heavy atom. The topological polar surface area (TPSA) is 49.3 Å². The van der Waals surface area contributed by atoms with E-state index in [0.29, 0.717) is 5.69 Å². The summed E-state index contributed by atoms with van der Waals surface area (Å²) in [4.78, 5) is 11.6. The number of hydrogen-bond donors (Lipinski definition) is 2. The SMILES string of the molecule is Cc1ccccc1NC1(C(=O)O)CCC(C(F)(F)F)CC1. The van der Waals surface area contributed by atoms with E-state index in [2.05, 4.69) is 5.32 Å². The number of aliphatic carboxylic acids is 1. The number of hydrogen-bond acceptors (Lipinski definition) is 2. The second kappa shape index (κ2) is 5.58. The van der Waals surface area contributed by atoms with Crippen LogP contribution in [0.25, 0.3) is 0 Å². The molecule has 116 valence electrons. The van der Waals surface area contributed by atoms with Gasteiger partial charge in [0.2, 0.25) is 0 Å². The minimum absolute atomic E-state index is 0.0269. The lowest BCUT2D eigenvalue weighted by Gasteiger charge is -2.39. The molecule has 1 aromatic carbocycles. The lowest BCUT2D eigenvalue weighted by Crippen LogP contribution is -2.50. The third-order valence-corrected chi connectivity index (χ3v) is 4.23. The maximum atomic E-state index is 12.7. The molecule has 0 aromatic heterocycles. The Morgan fingerprint density at radius 2 is 1.86 bits per heavy atom. The van der Waals surface area contributed by atoms with Gasteiger partial charge in [-0.3, -0.25) is 0 Å². The molecule has 1 fully saturated rings. The van der Waals surface area contributed by atoms with Crippen molar-refractivity contribution >= 4 is 11.7 Å². The van der Waals surface area contributed by atoms with Gasteiger partial charge >= 0.3 is 12.1 Å². The standard InChI is InChI=1S/C15H18F3NO2/c1-10-4-2-3-5-12(10)19-14(13(20)21)8-6-11(7-9-14)15(16,17)18/h2-5,11,19H,6-9H2,1H3,(H,20,21). The molecular weight excluding hydrogens is 283 g/mol. The molecule has 0 radical (unpaired) electrons. The Labute approximate surface area is 121 Å². The van der Waals surface area contributed by atoms with Crippen LogP contribution < -0.4 is 5.32 Å². The van der Waals surface area contributed by atoms with E-state index in [0.717, 1.165) is 5.56 Å². The van der Waals surface area contributed by atoms with E-state index in [-0.39, 0.29) is 25.7 Å². The molecule has 0 atom stereocenters. The van der Waals surface area contributed by atoms with Crippen molar-refractivity contribution in [1.29, 1.82) is 0 Å². The Balaban J connectivity index is 2.17. The van der Waals surface area contributed by atoms with Crippen LogP contribution in [-0.4, -0.2) is 22.8 Å². The maximum absolute atomic E-state index is 12.7. The predicted octanol–water partition coefficient (Wildman–Crippen LogP) is 3.98. The zero-order valence-corrected chi connectivity index (χ0v) is 11.7. The molecule has 2 rings (SSSR count). The fraction of sp³-hybridized carbons (Fsp3) is 0.533. The first-order valence-electron chi connectivity index (χ1n) is 6.88. The number of anilines is 1. The van der Waals surface area contributed by atoms with E-state index in [9.17, 15) is 23.1 Å². The number of carbonyl (C=O) groups is 1. The molecule has 0 spiro atoms. The highest BCUT2D eigenvalue weighted by atomic mass is 19.4. The molecule has 21 heavy (non-hydrogen) atoms. The summed E-state index contributed by atoms with van der Waals surface area (Å²) in [5.74, 6) is -2.49. The molecule has 1 saturated carbocycles. The number of carboxylic acid groups (broad SMARTS) is 1. The molecule has 0 amide bonds. The molecule has 6 heteroatoms. The molecule has 2 N–H and O–H groups in total. The highest BCUT2D eigenvalue weighted by Gasteiger charge is 2.49. The Bertz CT molecular complexity index is 520. The van der Waals surface area contributed by atoms with Gasteiger partial charge in [0.1, 0.15) is 5.54 Å². The molecule has 0 heterocycles. The van der Waals surface area contributed by atoms with E-state index in [1.54, 1.807) is 12.1 Å². The Hall–Kier alpha value is -1.72. The summed E-state index contributed by atoms with van der Waals surface area (Å²) in [6.07, 6.45) is -4.61. The first-order valence-corrected chi connectivity index (χ1v) is 6.88. The molecule has 0 saturated heterocycles. The minimum atomic E-state index is -4.24. The molecule has 1 aliphatic rings. The average molecular weight is 301 g/mol. The molecule has 0 aliphatic heterocycles. The zero-order valence-electron chi connectivity index (χ0n) is 11.7. The largest absolute Gasteiger partial charge is 0.480 e. The fourth-order valence-corrected chi connectivity index (χ4v) is 2.80. The van der Waals surface area contributed by atoms with Crippen molar-refractivity contribution in [2.24, 2.45) is 5.92 Å². The number of aryl methyl sites for hydroxylation is 1. The van der Waals surface area contributed by atoms with Crippen LogP contribution in [0.2, 0.25) is 0 Å². The van der Waals surface area contributed by atoms with Gasteiger partial charge in [0.25, 0.3) is 0 Å². The number of carboxylic acids is 1. The molecule has 0 unspecified atom stereocenters. The Kier molecular flexibility index (Phi) is 4.16. The van der Waals surface area contributed by atoms with Crippen molar-refractivity contribution < 1.29 is 23.1 Å². The Morgan fingerprint density at radius 3 is 2.33 bits per heavy atom. The number of nitrogens with one attached hydrogen (secondary N) is 1. The van der Waals surface area contributed by atoms with Gasteiger partial charge < -0.3 is 10.4 Å². The van der Waals surface area contributed by atoms with Gasteiger partial charge in [-0.2, -0.15) is 13.2 Å². The predicted molar refractivity (Wildman–Crippen MR) is 73.2 cm³/mol. The molecule has 3 nitrogen and oxygen atoms in total. The van der Waals surface area contributed by atoms with Gasteiger partial charge in [0.15, 0.2) is 0 Å². The van der Waals surface area contributed by atoms with E-state index in [1.165, 1.54) is 0 Å². The van der Waals surface area contributed by atoms with E-state index < -0.39 is 23.6 Å². The number of para-hydroxylation sites is 1. The number of alkyl halides is 3. The first kappa shape index (κ1) is 15.7. The quantitative estimate of drug-likeness (QED) is 0.887. The van der Waals surface area contributed by atoms with Crippen molar-refractivity contribution in [3.8, 4) is 0 Å². The highest BCUT2D eigenvalue weighted by molar-refractivity contribution is 5.83. The maximum Gasteiger partial charge on any atom is 0.391 e. The van der Waals surface area contributed by atoms with Crippen LogP contribution >= 0.6 is 0 Å². The van der Waals surface area contributed by atoms with Crippen molar-refractivity contribution in [2.45, 2.75) is 44.3 Å². The van der Waals surface area contributed by atoms with Gasteiger partial charge in [0.05, 0.1) is 5.92 Å². The summed E-state index contributed by atoms with van der Waals surface area (Å²) < 4.78 is 38.2. The summed E-state index contributed by atoms with van der Waals surface area (Å²) in [6.45, 7) is 1.83. The monoisotopic (exact) mass is 301 g/mol. The van der Waals surface area contributed by atoms with E-state index >= 15 is 0 Å². The third kappa shape index (κ3) is 3.31. The highest BCUT2D eigenvalue weighted by Crippen LogP contribution is 2.42.